The van der Waals surface area contributed by atoms with Crippen LogP contribution in [-0.2, 0) is 11.2 Å². The Morgan fingerprint density at radius 3 is 2.60 bits per heavy atom. The standard InChI is InChI=1S/C12H15BrO2/c1-4-9-8(3)11(13)7-6-10(9)12(14)15-5-2/h6-7H,4-5H2,1-3H3. The Morgan fingerprint density at radius 2 is 2.07 bits per heavy atom. The fraction of sp³-hybridized carbons (Fsp3) is 0.417. The zero-order chi connectivity index (χ0) is 11.4. The molecule has 15 heavy (non-hydrogen) atoms. The molecule has 0 aliphatic heterocycles. The normalized spacial score (nSPS) is 10.1. The molecule has 0 aromatic heterocycles. The van der Waals surface area contributed by atoms with Crippen LogP contribution in [0.25, 0.3) is 0 Å². The Labute approximate surface area is 98.8 Å². The van der Waals surface area contributed by atoms with Gasteiger partial charge in [-0.15, -0.1) is 0 Å². The van der Waals surface area contributed by atoms with Gasteiger partial charge in [0.05, 0.1) is 12.2 Å². The first-order valence-electron chi connectivity index (χ1n) is 5.06. The summed E-state index contributed by atoms with van der Waals surface area (Å²) in [5.74, 6) is -0.232. The van der Waals surface area contributed by atoms with Crippen LogP contribution in [0.5, 0.6) is 0 Å². The highest BCUT2D eigenvalue weighted by Crippen LogP contribution is 2.24. The molecule has 82 valence electrons. The molecule has 0 spiro atoms. The molecular formula is C12H15BrO2. The monoisotopic (exact) mass is 270 g/mol. The van der Waals surface area contributed by atoms with Crippen molar-refractivity contribution < 1.29 is 9.53 Å². The molecule has 1 aromatic rings. The fourth-order valence-corrected chi connectivity index (χ4v) is 1.96. The van der Waals surface area contributed by atoms with Gasteiger partial charge in [-0.25, -0.2) is 4.79 Å². The molecule has 0 amide bonds. The third-order valence-corrected chi connectivity index (χ3v) is 3.24. The molecule has 0 radical (unpaired) electrons. The summed E-state index contributed by atoms with van der Waals surface area (Å²) in [4.78, 5) is 11.7. The number of hydrogen-bond donors (Lipinski definition) is 0. The molecular weight excluding hydrogens is 256 g/mol. The Morgan fingerprint density at radius 1 is 1.40 bits per heavy atom. The van der Waals surface area contributed by atoms with Crippen LogP contribution < -0.4 is 0 Å². The number of hydrogen-bond acceptors (Lipinski definition) is 2. The summed E-state index contributed by atoms with van der Waals surface area (Å²) < 4.78 is 6.05. The minimum atomic E-state index is -0.232. The zero-order valence-corrected chi connectivity index (χ0v) is 10.8. The van der Waals surface area contributed by atoms with Gasteiger partial charge in [-0.3, -0.25) is 0 Å². The second kappa shape index (κ2) is 5.31. The van der Waals surface area contributed by atoms with E-state index in [-0.39, 0.29) is 5.97 Å². The first kappa shape index (κ1) is 12.2. The molecule has 0 atom stereocenters. The number of rotatable bonds is 3. The van der Waals surface area contributed by atoms with Gasteiger partial charge in [-0.2, -0.15) is 0 Å². The van der Waals surface area contributed by atoms with Crippen molar-refractivity contribution in [3.8, 4) is 0 Å². The van der Waals surface area contributed by atoms with Gasteiger partial charge in [0, 0.05) is 4.47 Å². The van der Waals surface area contributed by atoms with Gasteiger partial charge in [0.15, 0.2) is 0 Å². The molecule has 0 aliphatic rings. The van der Waals surface area contributed by atoms with Gasteiger partial charge in [0.2, 0.25) is 0 Å². The highest BCUT2D eigenvalue weighted by molar-refractivity contribution is 9.10. The van der Waals surface area contributed by atoms with Crippen molar-refractivity contribution in [3.63, 3.8) is 0 Å². The molecule has 0 aliphatic carbocycles. The van der Waals surface area contributed by atoms with Gasteiger partial charge in [0.25, 0.3) is 0 Å². The van der Waals surface area contributed by atoms with E-state index in [4.69, 9.17) is 4.74 Å². The molecule has 1 rings (SSSR count). The predicted molar refractivity (Wildman–Crippen MR) is 64.2 cm³/mol. The van der Waals surface area contributed by atoms with Crippen LogP contribution in [0, 0.1) is 6.92 Å². The summed E-state index contributed by atoms with van der Waals surface area (Å²) in [6.45, 7) is 6.27. The second-order valence-corrected chi connectivity index (χ2v) is 4.13. The second-order valence-electron chi connectivity index (χ2n) is 3.27. The van der Waals surface area contributed by atoms with Crippen molar-refractivity contribution in [2.45, 2.75) is 27.2 Å². The van der Waals surface area contributed by atoms with Gasteiger partial charge in [0.1, 0.15) is 0 Å². The smallest absolute Gasteiger partial charge is 0.338 e. The van der Waals surface area contributed by atoms with Crippen LogP contribution in [0.1, 0.15) is 35.3 Å². The molecule has 2 nitrogen and oxygen atoms in total. The summed E-state index contributed by atoms with van der Waals surface area (Å²) in [5, 5.41) is 0. The van der Waals surface area contributed by atoms with Crippen molar-refractivity contribution in [1.82, 2.24) is 0 Å². The molecule has 0 saturated carbocycles. The van der Waals surface area contributed by atoms with Crippen LogP contribution in [0.4, 0.5) is 0 Å². The molecule has 0 N–H and O–H groups in total. The molecule has 0 unspecified atom stereocenters. The van der Waals surface area contributed by atoms with Crippen LogP contribution in [0.3, 0.4) is 0 Å². The average molecular weight is 271 g/mol. The average Bonchev–Trinajstić information content (AvgIpc) is 2.22. The van der Waals surface area contributed by atoms with Crippen molar-refractivity contribution in [2.75, 3.05) is 6.61 Å². The SMILES string of the molecule is CCOC(=O)c1ccc(Br)c(C)c1CC. The molecule has 0 saturated heterocycles. The first-order valence-corrected chi connectivity index (χ1v) is 5.86. The van der Waals surface area contributed by atoms with Crippen molar-refractivity contribution in [1.29, 1.82) is 0 Å². The predicted octanol–water partition coefficient (Wildman–Crippen LogP) is 3.50. The van der Waals surface area contributed by atoms with Crippen LogP contribution in [0.15, 0.2) is 16.6 Å². The van der Waals surface area contributed by atoms with Crippen molar-refractivity contribution >= 4 is 21.9 Å². The summed E-state index contributed by atoms with van der Waals surface area (Å²) in [5.41, 5.74) is 2.85. The largest absolute Gasteiger partial charge is 0.462 e. The Bertz CT molecular complexity index is 372. The maximum absolute atomic E-state index is 11.7. The van der Waals surface area contributed by atoms with E-state index < -0.39 is 0 Å². The molecule has 0 bridgehead atoms. The van der Waals surface area contributed by atoms with E-state index in [2.05, 4.69) is 15.9 Å². The summed E-state index contributed by atoms with van der Waals surface area (Å²) in [6.07, 6.45) is 0.833. The first-order chi connectivity index (χ1) is 7.11. The summed E-state index contributed by atoms with van der Waals surface area (Å²) in [6, 6.07) is 3.70. The van der Waals surface area contributed by atoms with E-state index >= 15 is 0 Å². The van der Waals surface area contributed by atoms with Gasteiger partial charge in [-0.05, 0) is 43.5 Å². The molecule has 1 aromatic carbocycles. The lowest BCUT2D eigenvalue weighted by Crippen LogP contribution is -2.09. The van der Waals surface area contributed by atoms with Crippen molar-refractivity contribution in [2.24, 2.45) is 0 Å². The van der Waals surface area contributed by atoms with Crippen LogP contribution in [0.2, 0.25) is 0 Å². The Balaban J connectivity index is 3.18. The minimum Gasteiger partial charge on any atom is -0.462 e. The topological polar surface area (TPSA) is 26.3 Å². The number of esters is 1. The quantitative estimate of drug-likeness (QED) is 0.786. The lowest BCUT2D eigenvalue weighted by molar-refractivity contribution is 0.0525. The van der Waals surface area contributed by atoms with Crippen LogP contribution >= 0.6 is 15.9 Å². The third-order valence-electron chi connectivity index (χ3n) is 2.38. The Hall–Kier alpha value is -0.830. The van der Waals surface area contributed by atoms with Crippen molar-refractivity contribution in [3.05, 3.63) is 33.3 Å². The van der Waals surface area contributed by atoms with Gasteiger partial charge < -0.3 is 4.74 Å². The number of benzene rings is 1. The van der Waals surface area contributed by atoms with E-state index in [1.54, 1.807) is 0 Å². The number of halogens is 1. The van der Waals surface area contributed by atoms with E-state index in [1.807, 2.05) is 32.9 Å². The summed E-state index contributed by atoms with van der Waals surface area (Å²) >= 11 is 3.46. The van der Waals surface area contributed by atoms with Gasteiger partial charge >= 0.3 is 5.97 Å². The maximum Gasteiger partial charge on any atom is 0.338 e. The fourth-order valence-electron chi connectivity index (χ4n) is 1.58. The molecule has 0 fully saturated rings. The van der Waals surface area contributed by atoms with E-state index in [1.165, 1.54) is 0 Å². The number of carbonyl (C=O) groups excluding carboxylic acids is 1. The zero-order valence-electron chi connectivity index (χ0n) is 9.26. The van der Waals surface area contributed by atoms with E-state index in [9.17, 15) is 4.79 Å². The highest BCUT2D eigenvalue weighted by atomic mass is 79.9. The minimum absolute atomic E-state index is 0.232. The molecule has 3 heteroatoms. The molecule has 0 heterocycles. The number of carbonyl (C=O) groups is 1. The summed E-state index contributed by atoms with van der Waals surface area (Å²) in [7, 11) is 0. The van der Waals surface area contributed by atoms with Crippen LogP contribution in [-0.4, -0.2) is 12.6 Å². The maximum atomic E-state index is 11.7. The third kappa shape index (κ3) is 2.59. The van der Waals surface area contributed by atoms with E-state index in [0.717, 1.165) is 22.0 Å². The lowest BCUT2D eigenvalue weighted by Gasteiger charge is -2.11. The lowest BCUT2D eigenvalue weighted by atomic mass is 10.00. The van der Waals surface area contributed by atoms with Gasteiger partial charge in [-0.1, -0.05) is 22.9 Å². The Kier molecular flexibility index (Phi) is 4.33. The van der Waals surface area contributed by atoms with E-state index in [0.29, 0.717) is 12.2 Å². The highest BCUT2D eigenvalue weighted by Gasteiger charge is 2.14. The number of ether oxygens (including phenoxy) is 1.